The van der Waals surface area contributed by atoms with E-state index >= 15 is 0 Å². The van der Waals surface area contributed by atoms with Crippen molar-refractivity contribution in [2.24, 2.45) is 0 Å². The second-order valence-corrected chi connectivity index (χ2v) is 19.2. The van der Waals surface area contributed by atoms with Crippen LogP contribution in [0.5, 0.6) is 0 Å². The van der Waals surface area contributed by atoms with Crippen molar-refractivity contribution in [3.05, 3.63) is 60.8 Å². The molecule has 0 saturated heterocycles. The summed E-state index contributed by atoms with van der Waals surface area (Å²) in [6.07, 6.45) is 25.1. The molecular formula is C47H82O17P2. The fourth-order valence-electron chi connectivity index (χ4n) is 6.85. The number of hydrogen-bond donors (Lipinski definition) is 8. The molecule has 0 aliphatic heterocycles. The number of aliphatic hydroxyl groups is 5. The van der Waals surface area contributed by atoms with Gasteiger partial charge in [-0.15, -0.1) is 0 Å². The molecule has 9 atom stereocenters. The number of aliphatic hydroxyl groups excluding tert-OH is 5. The molecule has 0 aromatic heterocycles. The van der Waals surface area contributed by atoms with E-state index in [0.717, 1.165) is 83.5 Å². The first-order valence-corrected chi connectivity index (χ1v) is 27.0. The maximum atomic E-state index is 13.0. The molecule has 19 heteroatoms. The number of hydrogen-bond acceptors (Lipinski definition) is 14. The van der Waals surface area contributed by atoms with Crippen LogP contribution in [0.25, 0.3) is 0 Å². The highest BCUT2D eigenvalue weighted by atomic mass is 31.2. The number of rotatable bonds is 39. The van der Waals surface area contributed by atoms with E-state index in [1.807, 2.05) is 42.5 Å². The van der Waals surface area contributed by atoms with Crippen LogP contribution in [0.2, 0.25) is 0 Å². The Balaban J connectivity index is 2.64. The Bertz CT molecular complexity index is 1530. The summed E-state index contributed by atoms with van der Waals surface area (Å²) >= 11 is 0. The quantitative estimate of drug-likeness (QED) is 0.0125. The smallest absolute Gasteiger partial charge is 0.462 e. The summed E-state index contributed by atoms with van der Waals surface area (Å²) < 4.78 is 49.3. The van der Waals surface area contributed by atoms with Gasteiger partial charge in [-0.3, -0.25) is 23.2 Å². The topological polar surface area (TPSA) is 276 Å². The van der Waals surface area contributed by atoms with E-state index in [9.17, 15) is 58.9 Å². The molecule has 0 amide bonds. The molecule has 1 aliphatic rings. The van der Waals surface area contributed by atoms with Crippen LogP contribution in [0.1, 0.15) is 162 Å². The number of allylic oxidation sites excluding steroid dienone is 9. The van der Waals surface area contributed by atoms with Crippen molar-refractivity contribution < 1.29 is 82.0 Å². The molecule has 17 nitrogen and oxygen atoms in total. The molecule has 382 valence electrons. The van der Waals surface area contributed by atoms with Gasteiger partial charge in [0.25, 0.3) is 0 Å². The molecule has 66 heavy (non-hydrogen) atoms. The van der Waals surface area contributed by atoms with E-state index in [2.05, 4.69) is 36.6 Å². The third kappa shape index (κ3) is 31.7. The molecule has 1 fully saturated rings. The third-order valence-electron chi connectivity index (χ3n) is 10.6. The summed E-state index contributed by atoms with van der Waals surface area (Å²) in [5, 5.41) is 51.1. The van der Waals surface area contributed by atoms with E-state index in [4.69, 9.17) is 18.5 Å². The fourth-order valence-corrected chi connectivity index (χ4v) is 8.39. The van der Waals surface area contributed by atoms with Crippen molar-refractivity contribution >= 4 is 27.6 Å². The van der Waals surface area contributed by atoms with Crippen LogP contribution in [-0.4, -0.2) is 114 Å². The SMILES string of the molecule is CCCCCC/C=C\CCCCCCCCCC(=O)O[C@H](COC(=O)CCC/C=C\C/C=C\C/C=C\C/C=C\[C@@H](O)CCCC)COP(=O)(O)O[C@H]1C(O)C(O)C(O)[C@@H](OP(=O)(O)O)C1O. The zero-order valence-electron chi connectivity index (χ0n) is 39.2. The molecule has 0 aromatic carbocycles. The Morgan fingerprint density at radius 3 is 1.62 bits per heavy atom. The minimum absolute atomic E-state index is 0.0171. The summed E-state index contributed by atoms with van der Waals surface area (Å²) in [7, 11) is -10.7. The van der Waals surface area contributed by atoms with Crippen molar-refractivity contribution in [3.8, 4) is 0 Å². The van der Waals surface area contributed by atoms with Gasteiger partial charge in [-0.2, -0.15) is 0 Å². The predicted molar refractivity (Wildman–Crippen MR) is 252 cm³/mol. The van der Waals surface area contributed by atoms with Crippen LogP contribution in [0.15, 0.2) is 60.8 Å². The average Bonchev–Trinajstić information content (AvgIpc) is 3.27. The lowest BCUT2D eigenvalue weighted by atomic mass is 9.85. The Kier molecular flexibility index (Phi) is 35.1. The first-order chi connectivity index (χ1) is 31.5. The van der Waals surface area contributed by atoms with Gasteiger partial charge in [0.1, 0.15) is 43.2 Å². The summed E-state index contributed by atoms with van der Waals surface area (Å²) in [5.41, 5.74) is 0. The van der Waals surface area contributed by atoms with Crippen molar-refractivity contribution in [3.63, 3.8) is 0 Å². The summed E-state index contributed by atoms with van der Waals surface area (Å²) in [6, 6.07) is 0. The molecule has 0 aromatic rings. The Hall–Kier alpha value is -2.34. The minimum Gasteiger partial charge on any atom is -0.462 e. The lowest BCUT2D eigenvalue weighted by Gasteiger charge is -2.43. The lowest BCUT2D eigenvalue weighted by Crippen LogP contribution is -2.64. The maximum Gasteiger partial charge on any atom is 0.472 e. The van der Waals surface area contributed by atoms with Crippen LogP contribution in [0.3, 0.4) is 0 Å². The van der Waals surface area contributed by atoms with Gasteiger partial charge in [0.2, 0.25) is 0 Å². The Morgan fingerprint density at radius 2 is 1.03 bits per heavy atom. The molecule has 0 spiro atoms. The molecule has 0 radical (unpaired) electrons. The lowest BCUT2D eigenvalue weighted by molar-refractivity contribution is -0.216. The van der Waals surface area contributed by atoms with Gasteiger partial charge in [-0.25, -0.2) is 9.13 Å². The normalized spacial score (nSPS) is 22.5. The van der Waals surface area contributed by atoms with Gasteiger partial charge in [-0.1, -0.05) is 139 Å². The van der Waals surface area contributed by atoms with Gasteiger partial charge in [-0.05, 0) is 70.6 Å². The van der Waals surface area contributed by atoms with Gasteiger partial charge < -0.3 is 49.7 Å². The van der Waals surface area contributed by atoms with Crippen LogP contribution in [0, 0.1) is 0 Å². The minimum atomic E-state index is -5.38. The monoisotopic (exact) mass is 981 g/mol. The molecule has 1 saturated carbocycles. The third-order valence-corrected chi connectivity index (χ3v) is 12.1. The van der Waals surface area contributed by atoms with Crippen LogP contribution < -0.4 is 0 Å². The molecule has 0 heterocycles. The standard InChI is InChI=1S/C47H82O17P2/c1-3-5-7-8-9-10-11-12-13-14-19-22-25-28-31-35-41(50)62-39(37-61-66(58,59)64-47-44(53)42(51)43(52)46(45(47)54)63-65(55,56)57)36-60-40(49)34-30-27-24-21-18-16-15-17-20-23-26-29-33-38(48)32-6-4-2/h10-11,15-16,20-21,23-24,29,33,38-39,42-48,51-54H,3-9,12-14,17-19,22,25-28,30-32,34-37H2,1-2H3,(H,58,59)(H2,55,56,57)/b11-10-,16-15-,23-20-,24-21-,33-29-/t38-,39+,42?,43?,44?,45?,46+,47-/m0/s1. The van der Waals surface area contributed by atoms with Gasteiger partial charge >= 0.3 is 27.6 Å². The Labute approximate surface area is 392 Å². The summed E-state index contributed by atoms with van der Waals surface area (Å²) in [4.78, 5) is 54.3. The van der Waals surface area contributed by atoms with E-state index in [1.165, 1.54) is 25.7 Å². The molecular weight excluding hydrogens is 898 g/mol. The van der Waals surface area contributed by atoms with Crippen molar-refractivity contribution in [2.75, 3.05) is 13.2 Å². The van der Waals surface area contributed by atoms with E-state index in [-0.39, 0.29) is 18.9 Å². The van der Waals surface area contributed by atoms with Gasteiger partial charge in [0, 0.05) is 12.8 Å². The molecule has 1 rings (SSSR count). The number of ether oxygens (including phenoxy) is 2. The highest BCUT2D eigenvalue weighted by molar-refractivity contribution is 7.47. The van der Waals surface area contributed by atoms with Gasteiger partial charge in [0.15, 0.2) is 6.10 Å². The number of unbranched alkanes of at least 4 members (excludes halogenated alkanes) is 13. The summed E-state index contributed by atoms with van der Waals surface area (Å²) in [6.45, 7) is 2.88. The second-order valence-electron chi connectivity index (χ2n) is 16.6. The first-order valence-electron chi connectivity index (χ1n) is 23.9. The molecule has 5 unspecified atom stereocenters. The molecule has 0 bridgehead atoms. The largest absolute Gasteiger partial charge is 0.472 e. The average molecular weight is 981 g/mol. The van der Waals surface area contributed by atoms with E-state index in [0.29, 0.717) is 25.7 Å². The van der Waals surface area contributed by atoms with Crippen molar-refractivity contribution in [1.29, 1.82) is 0 Å². The van der Waals surface area contributed by atoms with Crippen molar-refractivity contribution in [1.82, 2.24) is 0 Å². The van der Waals surface area contributed by atoms with E-state index in [1.54, 1.807) is 0 Å². The maximum absolute atomic E-state index is 13.0. The highest BCUT2D eigenvalue weighted by Gasteiger charge is 2.54. The van der Waals surface area contributed by atoms with Crippen LogP contribution in [-0.2, 0) is 41.8 Å². The predicted octanol–water partition coefficient (Wildman–Crippen LogP) is 8.03. The van der Waals surface area contributed by atoms with Crippen LogP contribution in [0.4, 0.5) is 0 Å². The number of phosphoric ester groups is 2. The molecule has 1 aliphatic carbocycles. The fraction of sp³-hybridized carbons (Fsp3) is 0.745. The number of esters is 2. The van der Waals surface area contributed by atoms with Gasteiger partial charge in [0.05, 0.1) is 12.7 Å². The van der Waals surface area contributed by atoms with E-state index < -0.39 is 83.5 Å². The number of carbonyl (C=O) groups is 2. The first kappa shape index (κ1) is 61.7. The molecule has 8 N–H and O–H groups in total. The zero-order chi connectivity index (χ0) is 49.1. The highest BCUT2D eigenvalue weighted by Crippen LogP contribution is 2.49. The number of carbonyl (C=O) groups excluding carboxylic acids is 2. The second kappa shape index (κ2) is 37.5. The zero-order valence-corrected chi connectivity index (χ0v) is 41.0. The van der Waals surface area contributed by atoms with Crippen molar-refractivity contribution in [2.45, 2.75) is 210 Å². The number of phosphoric acid groups is 2. The Morgan fingerprint density at radius 1 is 0.545 bits per heavy atom. The summed E-state index contributed by atoms with van der Waals surface area (Å²) in [5.74, 6) is -1.30. The van der Waals surface area contributed by atoms with Crippen LogP contribution >= 0.6 is 15.6 Å².